The van der Waals surface area contributed by atoms with Crippen molar-refractivity contribution in [1.82, 2.24) is 15.1 Å². The third-order valence-corrected chi connectivity index (χ3v) is 2.09. The lowest BCUT2D eigenvalue weighted by Crippen LogP contribution is -2.11. The molecule has 1 atom stereocenters. The van der Waals surface area contributed by atoms with Crippen LogP contribution in [0.3, 0.4) is 0 Å². The van der Waals surface area contributed by atoms with Gasteiger partial charge in [0.05, 0.1) is 0 Å². The van der Waals surface area contributed by atoms with E-state index in [2.05, 4.69) is 15.1 Å². The Morgan fingerprint density at radius 2 is 2.38 bits per heavy atom. The fourth-order valence-electron chi connectivity index (χ4n) is 1.23. The summed E-state index contributed by atoms with van der Waals surface area (Å²) in [6.07, 6.45) is 0.742. The van der Waals surface area contributed by atoms with E-state index in [1.807, 2.05) is 19.1 Å². The third-order valence-electron chi connectivity index (χ3n) is 2.09. The molecule has 2 rings (SSSR count). The molecule has 6 nitrogen and oxygen atoms in total. The smallest absolute Gasteiger partial charge is 0.257 e. The van der Waals surface area contributed by atoms with Crippen molar-refractivity contribution in [2.24, 2.45) is 5.73 Å². The number of aliphatic hydroxyl groups excluding tert-OH is 1. The molecule has 0 fully saturated rings. The second kappa shape index (κ2) is 4.38. The summed E-state index contributed by atoms with van der Waals surface area (Å²) in [6, 6.07) is 3.71. The van der Waals surface area contributed by atoms with Crippen LogP contribution in [-0.2, 0) is 0 Å². The van der Waals surface area contributed by atoms with E-state index in [1.165, 1.54) is 0 Å². The fraction of sp³-hybridized carbons (Fsp3) is 0.300. The fourth-order valence-corrected chi connectivity index (χ4v) is 1.23. The van der Waals surface area contributed by atoms with Crippen molar-refractivity contribution < 1.29 is 9.63 Å². The van der Waals surface area contributed by atoms with Gasteiger partial charge in [-0.05, 0) is 24.6 Å². The predicted molar refractivity (Wildman–Crippen MR) is 56.3 cm³/mol. The van der Waals surface area contributed by atoms with Crippen molar-refractivity contribution in [1.29, 1.82) is 0 Å². The van der Waals surface area contributed by atoms with Crippen molar-refractivity contribution in [3.63, 3.8) is 0 Å². The van der Waals surface area contributed by atoms with Crippen LogP contribution in [0.1, 0.15) is 17.6 Å². The number of aliphatic hydroxyl groups is 1. The number of aryl methyl sites for hydroxylation is 1. The van der Waals surface area contributed by atoms with Gasteiger partial charge >= 0.3 is 0 Å². The molecule has 0 aliphatic rings. The minimum atomic E-state index is -0.925. The lowest BCUT2D eigenvalue weighted by molar-refractivity contribution is 0.141. The van der Waals surface area contributed by atoms with E-state index in [0.717, 1.165) is 5.56 Å². The molecule has 0 aromatic carbocycles. The monoisotopic (exact) mass is 220 g/mol. The molecule has 0 saturated heterocycles. The molecule has 3 N–H and O–H groups in total. The lowest BCUT2D eigenvalue weighted by Gasteiger charge is -1.98. The van der Waals surface area contributed by atoms with Gasteiger partial charge in [0.25, 0.3) is 5.89 Å². The highest BCUT2D eigenvalue weighted by Crippen LogP contribution is 2.16. The Kier molecular flexibility index (Phi) is 2.93. The van der Waals surface area contributed by atoms with E-state index in [4.69, 9.17) is 10.3 Å². The van der Waals surface area contributed by atoms with Crippen LogP contribution in [0.5, 0.6) is 0 Å². The first-order valence-corrected chi connectivity index (χ1v) is 4.85. The van der Waals surface area contributed by atoms with E-state index in [0.29, 0.717) is 11.5 Å². The van der Waals surface area contributed by atoms with Gasteiger partial charge in [-0.2, -0.15) is 4.98 Å². The van der Waals surface area contributed by atoms with Gasteiger partial charge in [-0.15, -0.1) is 0 Å². The molecule has 0 spiro atoms. The Morgan fingerprint density at radius 1 is 1.56 bits per heavy atom. The molecule has 0 aliphatic heterocycles. The number of rotatable bonds is 3. The summed E-state index contributed by atoms with van der Waals surface area (Å²) in [7, 11) is 0. The highest BCUT2D eigenvalue weighted by molar-refractivity contribution is 5.48. The molecule has 0 saturated carbocycles. The van der Waals surface area contributed by atoms with Crippen molar-refractivity contribution >= 4 is 0 Å². The van der Waals surface area contributed by atoms with Crippen molar-refractivity contribution in [2.45, 2.75) is 13.0 Å². The zero-order chi connectivity index (χ0) is 11.5. The quantitative estimate of drug-likeness (QED) is 0.778. The van der Waals surface area contributed by atoms with Gasteiger partial charge in [-0.1, -0.05) is 5.16 Å². The standard InChI is InChI=1S/C10H12N4O2/c1-6-2-3-12-7(4-6)9-13-10(16-14-9)8(15)5-11/h2-4,8,15H,5,11H2,1H3. The Bertz CT molecular complexity index is 483. The molecule has 0 amide bonds. The highest BCUT2D eigenvalue weighted by atomic mass is 16.5. The molecule has 84 valence electrons. The van der Waals surface area contributed by atoms with Crippen molar-refractivity contribution in [2.75, 3.05) is 6.54 Å². The largest absolute Gasteiger partial charge is 0.382 e. The number of nitrogens with two attached hydrogens (primary N) is 1. The van der Waals surface area contributed by atoms with Crippen molar-refractivity contribution in [3.05, 3.63) is 29.8 Å². The maximum atomic E-state index is 9.40. The van der Waals surface area contributed by atoms with Crippen LogP contribution in [0.25, 0.3) is 11.5 Å². The maximum Gasteiger partial charge on any atom is 0.257 e. The summed E-state index contributed by atoms with van der Waals surface area (Å²) >= 11 is 0. The SMILES string of the molecule is Cc1ccnc(-c2noc(C(O)CN)n2)c1. The number of hydrogen-bond acceptors (Lipinski definition) is 6. The average Bonchev–Trinajstić information content (AvgIpc) is 2.77. The zero-order valence-corrected chi connectivity index (χ0v) is 8.79. The van der Waals surface area contributed by atoms with Crippen LogP contribution in [-0.4, -0.2) is 26.8 Å². The van der Waals surface area contributed by atoms with Gasteiger partial charge in [0.2, 0.25) is 5.82 Å². The molecule has 2 heterocycles. The Morgan fingerprint density at radius 3 is 3.06 bits per heavy atom. The molecular weight excluding hydrogens is 208 g/mol. The number of nitrogens with zero attached hydrogens (tertiary/aromatic N) is 3. The normalized spacial score (nSPS) is 12.7. The van der Waals surface area contributed by atoms with Crippen LogP contribution in [0.15, 0.2) is 22.9 Å². The van der Waals surface area contributed by atoms with Crippen molar-refractivity contribution in [3.8, 4) is 11.5 Å². The first kappa shape index (κ1) is 10.7. The highest BCUT2D eigenvalue weighted by Gasteiger charge is 2.15. The van der Waals surface area contributed by atoms with E-state index < -0.39 is 6.10 Å². The molecule has 6 heteroatoms. The van der Waals surface area contributed by atoms with Gasteiger partial charge in [0.1, 0.15) is 11.8 Å². The molecule has 0 aliphatic carbocycles. The maximum absolute atomic E-state index is 9.40. The van der Waals surface area contributed by atoms with Gasteiger partial charge < -0.3 is 15.4 Å². The summed E-state index contributed by atoms with van der Waals surface area (Å²) in [6.45, 7) is 1.99. The van der Waals surface area contributed by atoms with E-state index in [-0.39, 0.29) is 12.4 Å². The summed E-state index contributed by atoms with van der Waals surface area (Å²) in [5.41, 5.74) is 6.94. The summed E-state index contributed by atoms with van der Waals surface area (Å²) in [5.74, 6) is 0.465. The van der Waals surface area contributed by atoms with Crippen LogP contribution < -0.4 is 5.73 Å². The summed E-state index contributed by atoms with van der Waals surface area (Å²) < 4.78 is 4.88. The lowest BCUT2D eigenvalue weighted by atomic mass is 10.2. The third kappa shape index (κ3) is 2.07. The average molecular weight is 220 g/mol. The molecule has 0 bridgehead atoms. The van der Waals surface area contributed by atoms with E-state index >= 15 is 0 Å². The van der Waals surface area contributed by atoms with Crippen LogP contribution in [0, 0.1) is 6.92 Å². The first-order valence-electron chi connectivity index (χ1n) is 4.85. The van der Waals surface area contributed by atoms with E-state index in [9.17, 15) is 5.11 Å². The minimum absolute atomic E-state index is 0.0445. The molecule has 2 aromatic rings. The van der Waals surface area contributed by atoms with Gasteiger partial charge in [-0.3, -0.25) is 4.98 Å². The first-order chi connectivity index (χ1) is 7.70. The molecule has 16 heavy (non-hydrogen) atoms. The number of hydrogen-bond donors (Lipinski definition) is 2. The van der Waals surface area contributed by atoms with E-state index in [1.54, 1.807) is 6.20 Å². The van der Waals surface area contributed by atoms with Crippen LogP contribution >= 0.6 is 0 Å². The Hall–Kier alpha value is -1.79. The predicted octanol–water partition coefficient (Wildman–Crippen LogP) is 0.432. The molecular formula is C10H12N4O2. The summed E-state index contributed by atoms with van der Waals surface area (Å²) in [5, 5.41) is 13.1. The Balaban J connectivity index is 2.31. The number of pyridine rings is 1. The van der Waals surface area contributed by atoms with Crippen LogP contribution in [0.2, 0.25) is 0 Å². The topological polar surface area (TPSA) is 98.1 Å². The molecule has 0 radical (unpaired) electrons. The minimum Gasteiger partial charge on any atom is -0.382 e. The van der Waals surface area contributed by atoms with Crippen LogP contribution in [0.4, 0.5) is 0 Å². The second-order valence-corrected chi connectivity index (χ2v) is 3.43. The Labute approximate surface area is 92.1 Å². The zero-order valence-electron chi connectivity index (χ0n) is 8.79. The molecule has 2 aromatic heterocycles. The molecule has 1 unspecified atom stereocenters. The number of aromatic nitrogens is 3. The van der Waals surface area contributed by atoms with Gasteiger partial charge in [0, 0.05) is 12.7 Å². The second-order valence-electron chi connectivity index (χ2n) is 3.43. The summed E-state index contributed by atoms with van der Waals surface area (Å²) in [4.78, 5) is 8.13. The van der Waals surface area contributed by atoms with Gasteiger partial charge in [0.15, 0.2) is 0 Å². The van der Waals surface area contributed by atoms with Gasteiger partial charge in [-0.25, -0.2) is 0 Å².